The summed E-state index contributed by atoms with van der Waals surface area (Å²) in [6.07, 6.45) is 3.07. The molecule has 0 aliphatic carbocycles. The van der Waals surface area contributed by atoms with Crippen LogP contribution in [0, 0.1) is 0 Å². The summed E-state index contributed by atoms with van der Waals surface area (Å²) in [6, 6.07) is 7.71. The van der Waals surface area contributed by atoms with Crippen molar-refractivity contribution in [3.63, 3.8) is 0 Å². The van der Waals surface area contributed by atoms with Gasteiger partial charge >= 0.3 is 0 Å². The predicted octanol–water partition coefficient (Wildman–Crippen LogP) is 2.80. The first-order valence-corrected chi connectivity index (χ1v) is 7.93. The Morgan fingerprint density at radius 3 is 2.47 bits per heavy atom. The van der Waals surface area contributed by atoms with Crippen molar-refractivity contribution in [3.05, 3.63) is 29.8 Å². The second-order valence-corrected chi connectivity index (χ2v) is 6.39. The smallest absolute Gasteiger partial charge is 0.230 e. The van der Waals surface area contributed by atoms with Gasteiger partial charge in [0.15, 0.2) is 0 Å². The SMILES string of the molecule is CSCCC(C)NC(=O)C(C)(C)c1ccc(N)cc1. The molecule has 0 radical (unpaired) electrons. The molecule has 1 rings (SSSR count). The number of amides is 1. The predicted molar refractivity (Wildman–Crippen MR) is 84.5 cm³/mol. The van der Waals surface area contributed by atoms with E-state index < -0.39 is 5.41 Å². The molecular formula is C15H24N2OS. The van der Waals surface area contributed by atoms with Crippen LogP contribution in [0.3, 0.4) is 0 Å². The molecule has 4 heteroatoms. The molecule has 1 unspecified atom stereocenters. The van der Waals surface area contributed by atoms with Crippen molar-refractivity contribution in [2.75, 3.05) is 17.7 Å². The van der Waals surface area contributed by atoms with Crippen molar-refractivity contribution < 1.29 is 4.79 Å². The minimum Gasteiger partial charge on any atom is -0.399 e. The van der Waals surface area contributed by atoms with Crippen LogP contribution in [0.2, 0.25) is 0 Å². The molecule has 0 saturated carbocycles. The zero-order valence-corrected chi connectivity index (χ0v) is 13.0. The topological polar surface area (TPSA) is 55.1 Å². The lowest BCUT2D eigenvalue weighted by Gasteiger charge is -2.26. The zero-order valence-electron chi connectivity index (χ0n) is 12.2. The third-order valence-electron chi connectivity index (χ3n) is 3.33. The Labute approximate surface area is 120 Å². The molecule has 1 atom stereocenters. The van der Waals surface area contributed by atoms with Crippen LogP contribution in [-0.2, 0) is 10.2 Å². The van der Waals surface area contributed by atoms with Crippen LogP contribution in [0.5, 0.6) is 0 Å². The van der Waals surface area contributed by atoms with E-state index in [0.717, 1.165) is 17.7 Å². The average molecular weight is 280 g/mol. The van der Waals surface area contributed by atoms with E-state index in [1.54, 1.807) is 11.8 Å². The molecule has 0 aromatic heterocycles. The van der Waals surface area contributed by atoms with Crippen molar-refractivity contribution in [1.29, 1.82) is 0 Å². The summed E-state index contributed by atoms with van der Waals surface area (Å²) < 4.78 is 0. The maximum Gasteiger partial charge on any atom is 0.230 e. The van der Waals surface area contributed by atoms with Gasteiger partial charge in [-0.2, -0.15) is 11.8 Å². The van der Waals surface area contributed by atoms with Crippen molar-refractivity contribution in [2.45, 2.75) is 38.6 Å². The maximum atomic E-state index is 12.4. The van der Waals surface area contributed by atoms with Gasteiger partial charge in [-0.3, -0.25) is 4.79 Å². The summed E-state index contributed by atoms with van der Waals surface area (Å²) in [4.78, 5) is 12.4. The van der Waals surface area contributed by atoms with Gasteiger partial charge in [-0.05, 0) is 56.9 Å². The van der Waals surface area contributed by atoms with E-state index >= 15 is 0 Å². The largest absolute Gasteiger partial charge is 0.399 e. The standard InChI is InChI=1S/C15H24N2OS/c1-11(9-10-19-4)17-14(18)15(2,3)12-5-7-13(16)8-6-12/h5-8,11H,9-10,16H2,1-4H3,(H,17,18). The van der Waals surface area contributed by atoms with Crippen LogP contribution in [-0.4, -0.2) is 24.0 Å². The first kappa shape index (κ1) is 15.9. The highest BCUT2D eigenvalue weighted by atomic mass is 32.2. The third kappa shape index (κ3) is 4.46. The van der Waals surface area contributed by atoms with Crippen LogP contribution < -0.4 is 11.1 Å². The van der Waals surface area contributed by atoms with Gasteiger partial charge in [-0.25, -0.2) is 0 Å². The first-order valence-electron chi connectivity index (χ1n) is 6.54. The average Bonchev–Trinajstić information content (AvgIpc) is 2.36. The lowest BCUT2D eigenvalue weighted by Crippen LogP contribution is -2.44. The van der Waals surface area contributed by atoms with Gasteiger partial charge < -0.3 is 11.1 Å². The second-order valence-electron chi connectivity index (χ2n) is 5.40. The van der Waals surface area contributed by atoms with E-state index in [0.29, 0.717) is 5.69 Å². The summed E-state index contributed by atoms with van der Waals surface area (Å²) in [5.41, 5.74) is 6.84. The van der Waals surface area contributed by atoms with Crippen LogP contribution in [0.4, 0.5) is 5.69 Å². The molecule has 0 aliphatic heterocycles. The molecule has 0 spiro atoms. The van der Waals surface area contributed by atoms with E-state index in [9.17, 15) is 4.79 Å². The highest BCUT2D eigenvalue weighted by Gasteiger charge is 2.30. The number of nitrogens with two attached hydrogens (primary N) is 1. The number of nitrogen functional groups attached to an aromatic ring is 1. The van der Waals surface area contributed by atoms with E-state index in [2.05, 4.69) is 11.6 Å². The second kappa shape index (κ2) is 6.85. The minimum atomic E-state index is -0.540. The van der Waals surface area contributed by atoms with Crippen molar-refractivity contribution in [2.24, 2.45) is 0 Å². The molecule has 3 nitrogen and oxygen atoms in total. The molecule has 3 N–H and O–H groups in total. The number of anilines is 1. The van der Waals surface area contributed by atoms with Gasteiger partial charge in [0.1, 0.15) is 0 Å². The number of carbonyl (C=O) groups excluding carboxylic acids is 1. The van der Waals surface area contributed by atoms with Crippen molar-refractivity contribution in [3.8, 4) is 0 Å². The number of rotatable bonds is 6. The molecule has 1 aromatic carbocycles. The van der Waals surface area contributed by atoms with Gasteiger partial charge in [0.05, 0.1) is 5.41 Å². The molecule has 0 aliphatic rings. The van der Waals surface area contributed by atoms with Crippen LogP contribution in [0.25, 0.3) is 0 Å². The molecule has 0 bridgehead atoms. The molecule has 0 fully saturated rings. The molecule has 1 aromatic rings. The highest BCUT2D eigenvalue weighted by Crippen LogP contribution is 2.24. The molecule has 1 amide bonds. The Balaban J connectivity index is 2.71. The van der Waals surface area contributed by atoms with Crippen LogP contribution in [0.15, 0.2) is 24.3 Å². The van der Waals surface area contributed by atoms with Gasteiger partial charge in [0, 0.05) is 11.7 Å². The molecule has 0 saturated heterocycles. The number of benzene rings is 1. The van der Waals surface area contributed by atoms with Crippen molar-refractivity contribution in [1.82, 2.24) is 5.32 Å². The number of thioether (sulfide) groups is 1. The maximum absolute atomic E-state index is 12.4. The Morgan fingerprint density at radius 1 is 1.37 bits per heavy atom. The lowest BCUT2D eigenvalue weighted by atomic mass is 9.83. The van der Waals surface area contributed by atoms with Gasteiger partial charge in [0.2, 0.25) is 5.91 Å². The highest BCUT2D eigenvalue weighted by molar-refractivity contribution is 7.98. The number of nitrogens with one attached hydrogen (secondary N) is 1. The lowest BCUT2D eigenvalue weighted by molar-refractivity contribution is -0.126. The number of hydrogen-bond donors (Lipinski definition) is 2. The summed E-state index contributed by atoms with van der Waals surface area (Å²) >= 11 is 1.80. The Bertz CT molecular complexity index is 415. The van der Waals surface area contributed by atoms with E-state index in [1.807, 2.05) is 45.0 Å². The fraction of sp³-hybridized carbons (Fsp3) is 0.533. The Morgan fingerprint density at radius 2 is 1.95 bits per heavy atom. The third-order valence-corrected chi connectivity index (χ3v) is 3.98. The summed E-state index contributed by atoms with van der Waals surface area (Å²) in [7, 11) is 0. The number of carbonyl (C=O) groups is 1. The quantitative estimate of drug-likeness (QED) is 0.788. The Hall–Kier alpha value is -1.16. The first-order chi connectivity index (χ1) is 8.87. The monoisotopic (exact) mass is 280 g/mol. The van der Waals surface area contributed by atoms with Crippen LogP contribution >= 0.6 is 11.8 Å². The van der Waals surface area contributed by atoms with Gasteiger partial charge in [0.25, 0.3) is 0 Å². The van der Waals surface area contributed by atoms with E-state index in [-0.39, 0.29) is 11.9 Å². The molecule has 106 valence electrons. The zero-order chi connectivity index (χ0) is 14.5. The fourth-order valence-corrected chi connectivity index (χ4v) is 2.39. The minimum absolute atomic E-state index is 0.0610. The normalized spacial score (nSPS) is 13.1. The fourth-order valence-electron chi connectivity index (χ4n) is 1.80. The summed E-state index contributed by atoms with van der Waals surface area (Å²) in [6.45, 7) is 5.93. The molecule has 0 heterocycles. The van der Waals surface area contributed by atoms with E-state index in [1.165, 1.54) is 0 Å². The molecule has 19 heavy (non-hydrogen) atoms. The van der Waals surface area contributed by atoms with Gasteiger partial charge in [-0.15, -0.1) is 0 Å². The summed E-state index contributed by atoms with van der Waals surface area (Å²) in [5.74, 6) is 1.12. The van der Waals surface area contributed by atoms with Crippen LogP contribution in [0.1, 0.15) is 32.8 Å². The summed E-state index contributed by atoms with van der Waals surface area (Å²) in [5, 5.41) is 3.08. The van der Waals surface area contributed by atoms with Crippen molar-refractivity contribution >= 4 is 23.4 Å². The Kier molecular flexibility index (Phi) is 5.73. The van der Waals surface area contributed by atoms with Gasteiger partial charge in [-0.1, -0.05) is 12.1 Å². The van der Waals surface area contributed by atoms with E-state index in [4.69, 9.17) is 5.73 Å². The number of hydrogen-bond acceptors (Lipinski definition) is 3. The molecular weight excluding hydrogens is 256 g/mol.